The van der Waals surface area contributed by atoms with Crippen LogP contribution in [0.5, 0.6) is 0 Å². The topological polar surface area (TPSA) is 79.4 Å². The normalized spacial score (nSPS) is 15.4. The predicted octanol–water partition coefficient (Wildman–Crippen LogP) is 6.08. The van der Waals surface area contributed by atoms with E-state index in [9.17, 15) is 13.2 Å². The van der Waals surface area contributed by atoms with Gasteiger partial charge in [0.05, 0.1) is 15.7 Å². The third-order valence-corrected chi connectivity index (χ3v) is 9.62. The van der Waals surface area contributed by atoms with Gasteiger partial charge in [0.15, 0.2) is 5.13 Å². The SMILES string of the molecule is Cc1cc(C)c(-c2csc(NC(=O)C3CCN(S(=O)(=O)c4c(Cl)cccc4Cl)CC3)n2)c(C)c1. The van der Waals surface area contributed by atoms with Gasteiger partial charge in [0.2, 0.25) is 15.9 Å². The molecule has 2 heterocycles. The Bertz CT molecular complexity index is 1300. The molecule has 1 fully saturated rings. The summed E-state index contributed by atoms with van der Waals surface area (Å²) in [4.78, 5) is 17.4. The van der Waals surface area contributed by atoms with Gasteiger partial charge in [0.1, 0.15) is 4.90 Å². The van der Waals surface area contributed by atoms with Crippen LogP contribution in [0.1, 0.15) is 29.5 Å². The molecule has 2 aromatic carbocycles. The number of nitrogens with one attached hydrogen (secondary N) is 1. The highest BCUT2D eigenvalue weighted by Gasteiger charge is 2.34. The highest BCUT2D eigenvalue weighted by atomic mass is 35.5. The van der Waals surface area contributed by atoms with Gasteiger partial charge in [0, 0.05) is 30.0 Å². The lowest BCUT2D eigenvalue weighted by molar-refractivity contribution is -0.120. The number of halogens is 2. The molecule has 1 aromatic heterocycles. The van der Waals surface area contributed by atoms with Gasteiger partial charge in [0.25, 0.3) is 0 Å². The molecule has 1 amide bonds. The number of piperidine rings is 1. The quantitative estimate of drug-likeness (QED) is 0.427. The first-order valence-electron chi connectivity index (χ1n) is 10.9. The largest absolute Gasteiger partial charge is 0.302 e. The molecule has 1 aliphatic heterocycles. The Balaban J connectivity index is 1.41. The number of sulfonamides is 1. The molecule has 0 radical (unpaired) electrons. The summed E-state index contributed by atoms with van der Waals surface area (Å²) in [7, 11) is -3.84. The zero-order chi connectivity index (χ0) is 24.6. The summed E-state index contributed by atoms with van der Waals surface area (Å²) in [6, 6.07) is 8.85. The van der Waals surface area contributed by atoms with Gasteiger partial charge in [-0.15, -0.1) is 11.3 Å². The maximum atomic E-state index is 13.1. The smallest absolute Gasteiger partial charge is 0.246 e. The minimum atomic E-state index is -3.84. The van der Waals surface area contributed by atoms with Gasteiger partial charge in [-0.25, -0.2) is 13.4 Å². The molecule has 3 aromatic rings. The zero-order valence-electron chi connectivity index (χ0n) is 19.1. The second-order valence-corrected chi connectivity index (χ2v) is 12.1. The summed E-state index contributed by atoms with van der Waals surface area (Å²) >= 11 is 13.6. The van der Waals surface area contributed by atoms with Gasteiger partial charge in [-0.3, -0.25) is 4.79 Å². The van der Waals surface area contributed by atoms with Crippen molar-refractivity contribution in [3.8, 4) is 11.3 Å². The van der Waals surface area contributed by atoms with Crippen LogP contribution in [0, 0.1) is 26.7 Å². The highest BCUT2D eigenvalue weighted by molar-refractivity contribution is 7.89. The van der Waals surface area contributed by atoms with E-state index in [0.29, 0.717) is 18.0 Å². The molecule has 0 unspecified atom stereocenters. The maximum Gasteiger partial charge on any atom is 0.246 e. The number of carbonyl (C=O) groups is 1. The number of aromatic nitrogens is 1. The lowest BCUT2D eigenvalue weighted by Gasteiger charge is -2.30. The number of hydrogen-bond acceptors (Lipinski definition) is 5. The van der Waals surface area contributed by atoms with Crippen molar-refractivity contribution in [1.29, 1.82) is 0 Å². The van der Waals surface area contributed by atoms with E-state index in [4.69, 9.17) is 23.2 Å². The number of hydrogen-bond donors (Lipinski definition) is 1. The second kappa shape index (κ2) is 9.95. The Morgan fingerprint density at radius 3 is 2.26 bits per heavy atom. The van der Waals surface area contributed by atoms with E-state index in [2.05, 4.69) is 43.2 Å². The molecule has 34 heavy (non-hydrogen) atoms. The second-order valence-electron chi connectivity index (χ2n) is 8.53. The molecule has 1 saturated heterocycles. The fourth-order valence-electron chi connectivity index (χ4n) is 4.45. The number of anilines is 1. The number of amides is 1. The van der Waals surface area contributed by atoms with Crippen molar-refractivity contribution >= 4 is 55.6 Å². The molecule has 0 saturated carbocycles. The fourth-order valence-corrected chi connectivity index (χ4v) is 7.72. The summed E-state index contributed by atoms with van der Waals surface area (Å²) in [6.07, 6.45) is 0.809. The summed E-state index contributed by atoms with van der Waals surface area (Å²) in [6.45, 7) is 6.62. The molecular weight excluding hydrogens is 513 g/mol. The Morgan fingerprint density at radius 2 is 1.68 bits per heavy atom. The number of rotatable bonds is 5. The molecular formula is C24H25Cl2N3O3S2. The van der Waals surface area contributed by atoms with Crippen LogP contribution in [-0.4, -0.2) is 36.7 Å². The summed E-state index contributed by atoms with van der Waals surface area (Å²) < 4.78 is 27.5. The minimum Gasteiger partial charge on any atom is -0.302 e. The molecule has 4 rings (SSSR count). The number of nitrogens with zero attached hydrogens (tertiary/aromatic N) is 2. The van der Waals surface area contributed by atoms with Crippen molar-refractivity contribution in [2.45, 2.75) is 38.5 Å². The minimum absolute atomic E-state index is 0.0850. The van der Waals surface area contributed by atoms with Crippen molar-refractivity contribution in [2.24, 2.45) is 5.92 Å². The van der Waals surface area contributed by atoms with E-state index in [-0.39, 0.29) is 39.9 Å². The summed E-state index contributed by atoms with van der Waals surface area (Å²) in [5.74, 6) is -0.450. The van der Waals surface area contributed by atoms with Crippen LogP contribution in [0.15, 0.2) is 40.6 Å². The Kier molecular flexibility index (Phi) is 7.36. The molecule has 180 valence electrons. The van der Waals surface area contributed by atoms with Crippen LogP contribution in [0.2, 0.25) is 10.0 Å². The van der Waals surface area contributed by atoms with Gasteiger partial charge in [-0.1, -0.05) is 47.0 Å². The van der Waals surface area contributed by atoms with E-state index in [1.807, 2.05) is 5.38 Å². The third kappa shape index (κ3) is 5.02. The van der Waals surface area contributed by atoms with E-state index >= 15 is 0 Å². The van der Waals surface area contributed by atoms with Gasteiger partial charge in [-0.05, 0) is 56.9 Å². The molecule has 0 bridgehead atoms. The van der Waals surface area contributed by atoms with Crippen molar-refractivity contribution in [3.05, 3.63) is 62.4 Å². The van der Waals surface area contributed by atoms with Crippen LogP contribution >= 0.6 is 34.5 Å². The monoisotopic (exact) mass is 537 g/mol. The van der Waals surface area contributed by atoms with Crippen molar-refractivity contribution in [2.75, 3.05) is 18.4 Å². The van der Waals surface area contributed by atoms with Crippen LogP contribution in [0.4, 0.5) is 5.13 Å². The van der Waals surface area contributed by atoms with Crippen LogP contribution in [-0.2, 0) is 14.8 Å². The number of carbonyl (C=O) groups excluding carboxylic acids is 1. The fraction of sp³-hybridized carbons (Fsp3) is 0.333. The van der Waals surface area contributed by atoms with E-state index in [1.54, 1.807) is 6.07 Å². The van der Waals surface area contributed by atoms with Crippen molar-refractivity contribution in [1.82, 2.24) is 9.29 Å². The third-order valence-electron chi connectivity index (χ3n) is 6.01. The Hall–Kier alpha value is -1.97. The number of thiazole rings is 1. The standard InChI is InChI=1S/C24H25Cl2N3O3S2/c1-14-11-15(2)21(16(3)12-14)20-13-33-24(27-20)28-23(30)17-7-9-29(10-8-17)34(31,32)22-18(25)5-4-6-19(22)26/h4-6,11-13,17H,7-10H2,1-3H3,(H,27,28,30). The van der Waals surface area contributed by atoms with Crippen molar-refractivity contribution < 1.29 is 13.2 Å². The molecule has 1 N–H and O–H groups in total. The number of benzene rings is 2. The molecule has 0 aliphatic carbocycles. The Morgan fingerprint density at radius 1 is 1.09 bits per heavy atom. The van der Waals surface area contributed by atoms with Crippen molar-refractivity contribution in [3.63, 3.8) is 0 Å². The first kappa shape index (κ1) is 25.1. The molecule has 0 atom stereocenters. The predicted molar refractivity (Wildman–Crippen MR) is 138 cm³/mol. The average molecular weight is 539 g/mol. The average Bonchev–Trinajstić information content (AvgIpc) is 3.20. The summed E-state index contributed by atoms with van der Waals surface area (Å²) in [5.41, 5.74) is 5.42. The van der Waals surface area contributed by atoms with Gasteiger partial charge in [-0.2, -0.15) is 4.31 Å². The molecule has 0 spiro atoms. The lowest BCUT2D eigenvalue weighted by atomic mass is 9.97. The first-order valence-corrected chi connectivity index (χ1v) is 13.9. The zero-order valence-corrected chi connectivity index (χ0v) is 22.2. The lowest BCUT2D eigenvalue weighted by Crippen LogP contribution is -2.41. The van der Waals surface area contributed by atoms with Gasteiger partial charge < -0.3 is 5.32 Å². The highest BCUT2D eigenvalue weighted by Crippen LogP contribution is 2.34. The first-order chi connectivity index (χ1) is 16.1. The molecule has 10 heteroatoms. The van der Waals surface area contributed by atoms with Gasteiger partial charge >= 0.3 is 0 Å². The molecule has 6 nitrogen and oxygen atoms in total. The van der Waals surface area contributed by atoms with Crippen LogP contribution in [0.3, 0.4) is 0 Å². The van der Waals surface area contributed by atoms with Crippen LogP contribution < -0.4 is 5.32 Å². The number of aryl methyl sites for hydroxylation is 3. The van der Waals surface area contributed by atoms with E-state index in [1.165, 1.54) is 33.3 Å². The Labute approximate surface area is 214 Å². The van der Waals surface area contributed by atoms with E-state index < -0.39 is 10.0 Å². The van der Waals surface area contributed by atoms with E-state index in [0.717, 1.165) is 22.4 Å². The van der Waals surface area contributed by atoms with Crippen LogP contribution in [0.25, 0.3) is 11.3 Å². The maximum absolute atomic E-state index is 13.1. The molecule has 1 aliphatic rings. The summed E-state index contributed by atoms with van der Waals surface area (Å²) in [5, 5.41) is 5.58.